The van der Waals surface area contributed by atoms with E-state index in [9.17, 15) is 0 Å². The third-order valence-electron chi connectivity index (χ3n) is 3.34. The second-order valence-electron chi connectivity index (χ2n) is 4.78. The van der Waals surface area contributed by atoms with E-state index in [0.717, 1.165) is 17.4 Å². The molecule has 88 valence electrons. The first-order valence-electron chi connectivity index (χ1n) is 5.86. The van der Waals surface area contributed by atoms with Crippen molar-refractivity contribution in [1.82, 2.24) is 4.90 Å². The van der Waals surface area contributed by atoms with Gasteiger partial charge in [0.25, 0.3) is 0 Å². The molecule has 2 nitrogen and oxygen atoms in total. The molecule has 1 aromatic carbocycles. The number of likely N-dealkylation sites (tertiary alicyclic amines) is 1. The van der Waals surface area contributed by atoms with Crippen molar-refractivity contribution >= 4 is 15.9 Å². The van der Waals surface area contributed by atoms with Crippen molar-refractivity contribution in [1.29, 1.82) is 0 Å². The molecule has 16 heavy (non-hydrogen) atoms. The van der Waals surface area contributed by atoms with Crippen LogP contribution in [0.1, 0.15) is 31.9 Å². The van der Waals surface area contributed by atoms with Crippen molar-refractivity contribution in [3.05, 3.63) is 34.3 Å². The lowest BCUT2D eigenvalue weighted by molar-refractivity contribution is 0.198. The smallest absolute Gasteiger partial charge is 0.0502 e. The van der Waals surface area contributed by atoms with Gasteiger partial charge in [0, 0.05) is 23.1 Å². The zero-order valence-electron chi connectivity index (χ0n) is 9.86. The van der Waals surface area contributed by atoms with E-state index in [2.05, 4.69) is 58.9 Å². The first-order valence-corrected chi connectivity index (χ1v) is 6.65. The zero-order chi connectivity index (χ0) is 11.7. The predicted molar refractivity (Wildman–Crippen MR) is 71.3 cm³/mol. The SMILES string of the molecule is CC(C)N1CC[C@@H](N)[C@@H]1c1cccc(Br)c1. The van der Waals surface area contributed by atoms with Crippen molar-refractivity contribution in [2.24, 2.45) is 5.73 Å². The van der Waals surface area contributed by atoms with Crippen molar-refractivity contribution in [2.75, 3.05) is 6.54 Å². The second-order valence-corrected chi connectivity index (χ2v) is 5.70. The number of hydrogen-bond donors (Lipinski definition) is 1. The second kappa shape index (κ2) is 4.86. The normalized spacial score (nSPS) is 26.6. The maximum atomic E-state index is 6.23. The first kappa shape index (κ1) is 12.1. The van der Waals surface area contributed by atoms with Crippen molar-refractivity contribution in [2.45, 2.75) is 38.4 Å². The highest BCUT2D eigenvalue weighted by Crippen LogP contribution is 2.33. The minimum absolute atomic E-state index is 0.261. The summed E-state index contributed by atoms with van der Waals surface area (Å²) in [6.45, 7) is 5.59. The van der Waals surface area contributed by atoms with E-state index in [4.69, 9.17) is 5.73 Å². The Kier molecular flexibility index (Phi) is 3.67. The van der Waals surface area contributed by atoms with Crippen molar-refractivity contribution in [3.63, 3.8) is 0 Å². The highest BCUT2D eigenvalue weighted by atomic mass is 79.9. The van der Waals surface area contributed by atoms with Crippen LogP contribution in [0.4, 0.5) is 0 Å². The molecule has 0 spiro atoms. The van der Waals surface area contributed by atoms with Gasteiger partial charge in [-0.15, -0.1) is 0 Å². The summed E-state index contributed by atoms with van der Waals surface area (Å²) in [5.41, 5.74) is 7.56. The highest BCUT2D eigenvalue weighted by Gasteiger charge is 2.34. The minimum atomic E-state index is 0.261. The molecule has 0 aromatic heterocycles. The molecule has 2 rings (SSSR count). The summed E-state index contributed by atoms with van der Waals surface area (Å²) in [7, 11) is 0. The Morgan fingerprint density at radius 1 is 1.44 bits per heavy atom. The minimum Gasteiger partial charge on any atom is -0.326 e. The molecule has 1 fully saturated rings. The molecule has 1 aromatic rings. The molecule has 0 saturated carbocycles. The van der Waals surface area contributed by atoms with Crippen LogP contribution in [0.5, 0.6) is 0 Å². The summed E-state index contributed by atoms with van der Waals surface area (Å²) >= 11 is 3.53. The van der Waals surface area contributed by atoms with Gasteiger partial charge < -0.3 is 5.73 Å². The molecule has 1 heterocycles. The van der Waals surface area contributed by atoms with Gasteiger partial charge in [0.2, 0.25) is 0 Å². The Morgan fingerprint density at radius 3 is 2.81 bits per heavy atom. The molecule has 0 radical (unpaired) electrons. The third kappa shape index (κ3) is 2.31. The van der Waals surface area contributed by atoms with Crippen molar-refractivity contribution in [3.8, 4) is 0 Å². The summed E-state index contributed by atoms with van der Waals surface area (Å²) in [5.74, 6) is 0. The summed E-state index contributed by atoms with van der Waals surface area (Å²) in [4.78, 5) is 2.49. The van der Waals surface area contributed by atoms with Crippen LogP contribution in [-0.4, -0.2) is 23.5 Å². The van der Waals surface area contributed by atoms with Gasteiger partial charge in [0.1, 0.15) is 0 Å². The van der Waals surface area contributed by atoms with E-state index in [1.807, 2.05) is 0 Å². The quantitative estimate of drug-likeness (QED) is 0.904. The van der Waals surface area contributed by atoms with E-state index in [1.165, 1.54) is 5.56 Å². The van der Waals surface area contributed by atoms with Crippen LogP contribution in [-0.2, 0) is 0 Å². The molecule has 0 amide bonds. The van der Waals surface area contributed by atoms with Gasteiger partial charge >= 0.3 is 0 Å². The van der Waals surface area contributed by atoms with E-state index in [1.54, 1.807) is 0 Å². The number of nitrogens with zero attached hydrogens (tertiary/aromatic N) is 1. The van der Waals surface area contributed by atoms with E-state index < -0.39 is 0 Å². The fraction of sp³-hybridized carbons (Fsp3) is 0.538. The molecule has 1 aliphatic heterocycles. The molecule has 3 heteroatoms. The fourth-order valence-corrected chi connectivity index (χ4v) is 2.97. The standard InChI is InChI=1S/C13H19BrN2/c1-9(2)16-7-6-12(15)13(16)10-4-3-5-11(14)8-10/h3-5,8-9,12-13H,6-7,15H2,1-2H3/t12-,13+/m1/s1. The average molecular weight is 283 g/mol. The number of nitrogens with two attached hydrogens (primary N) is 1. The van der Waals surface area contributed by atoms with Crippen LogP contribution in [0.15, 0.2) is 28.7 Å². The zero-order valence-corrected chi connectivity index (χ0v) is 11.4. The molecule has 1 aliphatic rings. The third-order valence-corrected chi connectivity index (χ3v) is 3.83. The Bertz CT molecular complexity index is 365. The molecule has 2 atom stereocenters. The molecule has 0 unspecified atom stereocenters. The predicted octanol–water partition coefficient (Wildman–Crippen LogP) is 2.93. The monoisotopic (exact) mass is 282 g/mol. The maximum Gasteiger partial charge on any atom is 0.0502 e. The van der Waals surface area contributed by atoms with Gasteiger partial charge in [-0.1, -0.05) is 28.1 Å². The number of rotatable bonds is 2. The number of benzene rings is 1. The summed E-state index contributed by atoms with van der Waals surface area (Å²) in [6, 6.07) is 9.69. The van der Waals surface area contributed by atoms with Crippen LogP contribution in [0, 0.1) is 0 Å². The number of hydrogen-bond acceptors (Lipinski definition) is 2. The van der Waals surface area contributed by atoms with Gasteiger partial charge in [0.15, 0.2) is 0 Å². The van der Waals surface area contributed by atoms with Gasteiger partial charge in [-0.2, -0.15) is 0 Å². The van der Waals surface area contributed by atoms with Crippen LogP contribution in [0.2, 0.25) is 0 Å². The number of halogens is 1. The Hall–Kier alpha value is -0.380. The van der Waals surface area contributed by atoms with Gasteiger partial charge in [0.05, 0.1) is 6.04 Å². The Labute approximate surface area is 106 Å². The highest BCUT2D eigenvalue weighted by molar-refractivity contribution is 9.10. The van der Waals surface area contributed by atoms with Gasteiger partial charge in [-0.05, 0) is 38.0 Å². The molecule has 2 N–H and O–H groups in total. The molecular formula is C13H19BrN2. The first-order chi connectivity index (χ1) is 7.59. The van der Waals surface area contributed by atoms with E-state index >= 15 is 0 Å². The lowest BCUT2D eigenvalue weighted by Crippen LogP contribution is -2.35. The van der Waals surface area contributed by atoms with Crippen LogP contribution < -0.4 is 5.73 Å². The summed E-state index contributed by atoms with van der Waals surface area (Å²) in [5, 5.41) is 0. The average Bonchev–Trinajstić information content (AvgIpc) is 2.60. The molecule has 0 aliphatic carbocycles. The van der Waals surface area contributed by atoms with Gasteiger partial charge in [-0.25, -0.2) is 0 Å². The fourth-order valence-electron chi connectivity index (χ4n) is 2.55. The lowest BCUT2D eigenvalue weighted by Gasteiger charge is -2.30. The van der Waals surface area contributed by atoms with Gasteiger partial charge in [-0.3, -0.25) is 4.90 Å². The van der Waals surface area contributed by atoms with E-state index in [0.29, 0.717) is 12.1 Å². The topological polar surface area (TPSA) is 29.3 Å². The van der Waals surface area contributed by atoms with Crippen LogP contribution >= 0.6 is 15.9 Å². The largest absolute Gasteiger partial charge is 0.326 e. The Morgan fingerprint density at radius 2 is 2.19 bits per heavy atom. The molecule has 0 bridgehead atoms. The summed E-state index contributed by atoms with van der Waals surface area (Å²) in [6.07, 6.45) is 1.09. The molecular weight excluding hydrogens is 264 g/mol. The maximum absolute atomic E-state index is 6.23. The van der Waals surface area contributed by atoms with E-state index in [-0.39, 0.29) is 6.04 Å². The van der Waals surface area contributed by atoms with Crippen LogP contribution in [0.25, 0.3) is 0 Å². The summed E-state index contributed by atoms with van der Waals surface area (Å²) < 4.78 is 1.13. The molecule has 1 saturated heterocycles. The van der Waals surface area contributed by atoms with Crippen molar-refractivity contribution < 1.29 is 0 Å². The lowest BCUT2D eigenvalue weighted by atomic mass is 10.0. The van der Waals surface area contributed by atoms with Crippen LogP contribution in [0.3, 0.4) is 0 Å². The Balaban J connectivity index is 2.30.